The number of amides is 1. The number of rotatable bonds is 1. The van der Waals surface area contributed by atoms with Crippen LogP contribution in [0.4, 0.5) is 0 Å². The van der Waals surface area contributed by atoms with Gasteiger partial charge >= 0.3 is 0 Å². The van der Waals surface area contributed by atoms with E-state index in [0.717, 1.165) is 13.0 Å². The lowest BCUT2D eigenvalue weighted by Gasteiger charge is -2.15. The Morgan fingerprint density at radius 3 is 2.64 bits per heavy atom. The molecule has 1 N–H and O–H groups in total. The van der Waals surface area contributed by atoms with Gasteiger partial charge in [0.1, 0.15) is 0 Å². The van der Waals surface area contributed by atoms with Gasteiger partial charge < -0.3 is 10.2 Å². The van der Waals surface area contributed by atoms with Gasteiger partial charge in [-0.3, -0.25) is 4.79 Å². The lowest BCUT2D eigenvalue weighted by atomic mass is 10.2. The summed E-state index contributed by atoms with van der Waals surface area (Å²) in [5, 5.41) is 3.46. The van der Waals surface area contributed by atoms with Gasteiger partial charge in [-0.2, -0.15) is 12.6 Å². The highest BCUT2D eigenvalue weighted by Crippen LogP contribution is 2.12. The van der Waals surface area contributed by atoms with E-state index in [9.17, 15) is 4.79 Å². The summed E-state index contributed by atoms with van der Waals surface area (Å²) in [6.07, 6.45) is 0.847. The van der Waals surface area contributed by atoms with Gasteiger partial charge in [-0.1, -0.05) is 0 Å². The monoisotopic (exact) mass is 174 g/mol. The molecular weight excluding hydrogens is 160 g/mol. The van der Waals surface area contributed by atoms with Crippen molar-refractivity contribution in [2.75, 3.05) is 20.6 Å². The van der Waals surface area contributed by atoms with Crippen molar-refractivity contribution >= 4 is 18.5 Å². The van der Waals surface area contributed by atoms with E-state index in [1.165, 1.54) is 0 Å². The Balaban J connectivity index is 2.43. The fourth-order valence-corrected chi connectivity index (χ4v) is 1.53. The summed E-state index contributed by atoms with van der Waals surface area (Å²) >= 11 is 4.28. The second kappa shape index (κ2) is 3.45. The van der Waals surface area contributed by atoms with Gasteiger partial charge in [-0.05, 0) is 6.42 Å². The van der Waals surface area contributed by atoms with Crippen LogP contribution in [-0.4, -0.2) is 42.7 Å². The zero-order valence-electron chi connectivity index (χ0n) is 6.87. The molecule has 11 heavy (non-hydrogen) atoms. The van der Waals surface area contributed by atoms with Gasteiger partial charge in [-0.25, -0.2) is 0 Å². The van der Waals surface area contributed by atoms with E-state index in [-0.39, 0.29) is 11.9 Å². The highest BCUT2D eigenvalue weighted by Gasteiger charge is 2.27. The van der Waals surface area contributed by atoms with E-state index in [0.29, 0.717) is 5.25 Å². The maximum Gasteiger partial charge on any atom is 0.239 e. The SMILES string of the molecule is CN(C)C(=O)[C@H]1C[C@@H](S)CN1. The summed E-state index contributed by atoms with van der Waals surface area (Å²) in [4.78, 5) is 12.9. The van der Waals surface area contributed by atoms with Crippen molar-refractivity contribution in [2.24, 2.45) is 0 Å². The van der Waals surface area contributed by atoms with Gasteiger partial charge in [0.05, 0.1) is 6.04 Å². The number of hydrogen-bond donors (Lipinski definition) is 2. The minimum absolute atomic E-state index is 0.00694. The van der Waals surface area contributed by atoms with Crippen LogP contribution in [0.2, 0.25) is 0 Å². The molecule has 0 aromatic rings. The lowest BCUT2D eigenvalue weighted by molar-refractivity contribution is -0.130. The van der Waals surface area contributed by atoms with Gasteiger partial charge in [-0.15, -0.1) is 0 Å². The van der Waals surface area contributed by atoms with Crippen molar-refractivity contribution in [2.45, 2.75) is 17.7 Å². The van der Waals surface area contributed by atoms with Crippen molar-refractivity contribution in [3.63, 3.8) is 0 Å². The number of carbonyl (C=O) groups excluding carboxylic acids is 1. The molecule has 0 aliphatic carbocycles. The minimum Gasteiger partial charge on any atom is -0.347 e. The third kappa shape index (κ3) is 2.10. The first kappa shape index (κ1) is 8.87. The van der Waals surface area contributed by atoms with Crippen LogP contribution in [0.25, 0.3) is 0 Å². The van der Waals surface area contributed by atoms with Crippen LogP contribution in [0.1, 0.15) is 6.42 Å². The Kier molecular flexibility index (Phi) is 2.78. The summed E-state index contributed by atoms with van der Waals surface area (Å²) in [6.45, 7) is 0.841. The van der Waals surface area contributed by atoms with Crippen molar-refractivity contribution < 1.29 is 4.79 Å². The second-order valence-electron chi connectivity index (χ2n) is 3.08. The van der Waals surface area contributed by atoms with Crippen LogP contribution < -0.4 is 5.32 Å². The zero-order valence-corrected chi connectivity index (χ0v) is 7.77. The van der Waals surface area contributed by atoms with Crippen LogP contribution in [0.5, 0.6) is 0 Å². The maximum atomic E-state index is 11.3. The Hall–Kier alpha value is -0.220. The molecule has 0 aromatic heterocycles. The average Bonchev–Trinajstić information content (AvgIpc) is 2.34. The minimum atomic E-state index is -0.00694. The number of carbonyl (C=O) groups is 1. The molecule has 1 heterocycles. The standard InChI is InChI=1S/C7H14N2OS/c1-9(2)7(10)6-3-5(11)4-8-6/h5-6,8,11H,3-4H2,1-2H3/t5-,6-/m1/s1. The third-order valence-electron chi connectivity index (χ3n) is 1.85. The fourth-order valence-electron chi connectivity index (χ4n) is 1.22. The highest BCUT2D eigenvalue weighted by atomic mass is 32.1. The third-order valence-corrected chi connectivity index (χ3v) is 2.24. The normalized spacial score (nSPS) is 30.5. The van der Waals surface area contributed by atoms with Crippen molar-refractivity contribution in [1.82, 2.24) is 10.2 Å². The molecule has 0 spiro atoms. The van der Waals surface area contributed by atoms with E-state index >= 15 is 0 Å². The molecule has 0 saturated carbocycles. The first-order chi connectivity index (χ1) is 5.11. The zero-order chi connectivity index (χ0) is 8.43. The predicted octanol–water partition coefficient (Wildman–Crippen LogP) is -0.265. The molecule has 1 fully saturated rings. The average molecular weight is 174 g/mol. The summed E-state index contributed by atoms with van der Waals surface area (Å²) in [6, 6.07) is -0.00694. The van der Waals surface area contributed by atoms with Gasteiger partial charge in [0, 0.05) is 25.9 Å². The molecular formula is C7H14N2OS. The van der Waals surface area contributed by atoms with Crippen molar-refractivity contribution in [1.29, 1.82) is 0 Å². The predicted molar refractivity (Wildman–Crippen MR) is 47.9 cm³/mol. The van der Waals surface area contributed by atoms with Gasteiger partial charge in [0.25, 0.3) is 0 Å². The Bertz CT molecular complexity index is 161. The Morgan fingerprint density at radius 2 is 2.27 bits per heavy atom. The molecule has 0 bridgehead atoms. The number of nitrogens with zero attached hydrogens (tertiary/aromatic N) is 1. The number of nitrogens with one attached hydrogen (secondary N) is 1. The van der Waals surface area contributed by atoms with Gasteiger partial charge in [0.2, 0.25) is 5.91 Å². The molecule has 1 aliphatic rings. The smallest absolute Gasteiger partial charge is 0.239 e. The molecule has 1 saturated heterocycles. The Morgan fingerprint density at radius 1 is 1.64 bits per heavy atom. The van der Waals surface area contributed by atoms with E-state index in [2.05, 4.69) is 17.9 Å². The first-order valence-electron chi connectivity index (χ1n) is 3.74. The number of hydrogen-bond acceptors (Lipinski definition) is 3. The first-order valence-corrected chi connectivity index (χ1v) is 4.25. The molecule has 0 unspecified atom stereocenters. The summed E-state index contributed by atoms with van der Waals surface area (Å²) in [5.41, 5.74) is 0. The fraction of sp³-hybridized carbons (Fsp3) is 0.857. The maximum absolute atomic E-state index is 11.3. The molecule has 0 aromatic carbocycles. The van der Waals surface area contributed by atoms with Crippen molar-refractivity contribution in [3.8, 4) is 0 Å². The second-order valence-corrected chi connectivity index (χ2v) is 3.81. The molecule has 1 amide bonds. The molecule has 3 nitrogen and oxygen atoms in total. The van der Waals surface area contributed by atoms with E-state index in [4.69, 9.17) is 0 Å². The molecule has 1 rings (SSSR count). The van der Waals surface area contributed by atoms with E-state index < -0.39 is 0 Å². The molecule has 2 atom stereocenters. The molecule has 64 valence electrons. The lowest BCUT2D eigenvalue weighted by Crippen LogP contribution is -2.39. The molecule has 0 radical (unpaired) electrons. The molecule has 4 heteroatoms. The highest BCUT2D eigenvalue weighted by molar-refractivity contribution is 7.81. The molecule has 1 aliphatic heterocycles. The van der Waals surface area contributed by atoms with Crippen LogP contribution in [-0.2, 0) is 4.79 Å². The Labute approximate surface area is 72.5 Å². The van der Waals surface area contributed by atoms with E-state index in [1.54, 1.807) is 19.0 Å². The quantitative estimate of drug-likeness (QED) is 0.537. The number of thiol groups is 1. The van der Waals surface area contributed by atoms with Crippen LogP contribution in [0, 0.1) is 0 Å². The number of likely N-dealkylation sites (N-methyl/N-ethyl adjacent to an activating group) is 1. The van der Waals surface area contributed by atoms with Crippen LogP contribution in [0.3, 0.4) is 0 Å². The van der Waals surface area contributed by atoms with Gasteiger partial charge in [0.15, 0.2) is 0 Å². The van der Waals surface area contributed by atoms with E-state index in [1.807, 2.05) is 0 Å². The summed E-state index contributed by atoms with van der Waals surface area (Å²) in [5.74, 6) is 0.154. The largest absolute Gasteiger partial charge is 0.347 e. The van der Waals surface area contributed by atoms with Crippen LogP contribution >= 0.6 is 12.6 Å². The summed E-state index contributed by atoms with van der Waals surface area (Å²) in [7, 11) is 3.55. The van der Waals surface area contributed by atoms with Crippen LogP contribution in [0.15, 0.2) is 0 Å². The summed E-state index contributed by atoms with van der Waals surface area (Å²) < 4.78 is 0. The topological polar surface area (TPSA) is 32.3 Å². The van der Waals surface area contributed by atoms with Crippen molar-refractivity contribution in [3.05, 3.63) is 0 Å².